The van der Waals surface area contributed by atoms with Gasteiger partial charge in [0.05, 0.1) is 30.0 Å². The summed E-state index contributed by atoms with van der Waals surface area (Å²) >= 11 is 0. The van der Waals surface area contributed by atoms with Gasteiger partial charge in [0.1, 0.15) is 17.4 Å². The molecule has 1 aliphatic carbocycles. The first-order valence-electron chi connectivity index (χ1n) is 12.8. The lowest BCUT2D eigenvalue weighted by Gasteiger charge is -2.34. The van der Waals surface area contributed by atoms with Gasteiger partial charge in [-0.1, -0.05) is 5.57 Å². The minimum atomic E-state index is -0.151. The molecule has 0 amide bonds. The first-order valence-corrected chi connectivity index (χ1v) is 12.8. The van der Waals surface area contributed by atoms with E-state index >= 15 is 0 Å². The normalized spacial score (nSPS) is 26.1. The Morgan fingerprint density at radius 1 is 1.11 bits per heavy atom. The number of amidine groups is 1. The number of hydrogen-bond acceptors (Lipinski definition) is 7. The summed E-state index contributed by atoms with van der Waals surface area (Å²) in [6.07, 6.45) is 9.26. The summed E-state index contributed by atoms with van der Waals surface area (Å²) in [5.74, 6) is 0.706. The van der Waals surface area contributed by atoms with Gasteiger partial charge in [-0.3, -0.25) is 4.79 Å². The number of benzene rings is 1. The molecule has 1 saturated carbocycles. The van der Waals surface area contributed by atoms with Crippen LogP contribution in [-0.2, 0) is 16.5 Å². The Morgan fingerprint density at radius 2 is 1.81 bits per heavy atom. The van der Waals surface area contributed by atoms with Crippen LogP contribution in [0.25, 0.3) is 11.0 Å². The van der Waals surface area contributed by atoms with Crippen molar-refractivity contribution < 1.29 is 14.2 Å². The molecule has 3 heterocycles. The van der Waals surface area contributed by atoms with E-state index in [1.807, 2.05) is 13.8 Å². The molecule has 192 valence electrons. The lowest BCUT2D eigenvalue weighted by Crippen LogP contribution is -2.42. The van der Waals surface area contributed by atoms with Crippen LogP contribution in [0.15, 0.2) is 44.9 Å². The van der Waals surface area contributed by atoms with Gasteiger partial charge < -0.3 is 23.7 Å². The van der Waals surface area contributed by atoms with Crippen molar-refractivity contribution in [3.8, 4) is 5.75 Å². The molecule has 9 nitrogen and oxygen atoms in total. The molecule has 9 heteroatoms. The molecular weight excluding hydrogens is 458 g/mol. The lowest BCUT2D eigenvalue weighted by molar-refractivity contribution is 0.0304. The molecule has 0 N–H and O–H groups in total. The van der Waals surface area contributed by atoms with Crippen LogP contribution in [-0.4, -0.2) is 59.8 Å². The molecule has 1 aromatic carbocycles. The molecule has 0 radical (unpaired) electrons. The molecule has 2 saturated heterocycles. The first-order chi connectivity index (χ1) is 17.4. The Balaban J connectivity index is 1.34. The summed E-state index contributed by atoms with van der Waals surface area (Å²) in [4.78, 5) is 27.4. The maximum atomic E-state index is 12.4. The number of ether oxygens (including phenoxy) is 3. The number of rotatable bonds is 5. The smallest absolute Gasteiger partial charge is 0.315 e. The molecule has 2 bridgehead atoms. The SMILES string of the molecule is C=N/C(=N\C=C(C)C)O[C@H]1CC[C@@H](Oc2cc(N3CC4CCC(C3)O4)cc3ncc(=O)n(C)c23)CC1. The van der Waals surface area contributed by atoms with Gasteiger partial charge in [-0.25, -0.2) is 15.0 Å². The monoisotopic (exact) mass is 493 g/mol. The summed E-state index contributed by atoms with van der Waals surface area (Å²) < 4.78 is 20.2. The molecule has 2 aliphatic heterocycles. The Labute approximate surface area is 211 Å². The van der Waals surface area contributed by atoms with Crippen LogP contribution in [0.5, 0.6) is 5.75 Å². The van der Waals surface area contributed by atoms with Gasteiger partial charge in [0.15, 0.2) is 0 Å². The van der Waals surface area contributed by atoms with E-state index in [1.54, 1.807) is 17.8 Å². The molecule has 2 atom stereocenters. The summed E-state index contributed by atoms with van der Waals surface area (Å²) in [5, 5.41) is 0. The summed E-state index contributed by atoms with van der Waals surface area (Å²) in [6.45, 7) is 9.25. The maximum Gasteiger partial charge on any atom is 0.315 e. The third-order valence-corrected chi connectivity index (χ3v) is 7.18. The number of aromatic nitrogens is 2. The Morgan fingerprint density at radius 3 is 2.47 bits per heavy atom. The van der Waals surface area contributed by atoms with Crippen LogP contribution in [0.2, 0.25) is 0 Å². The number of morpholine rings is 1. The van der Waals surface area contributed by atoms with Crippen molar-refractivity contribution in [1.82, 2.24) is 9.55 Å². The van der Waals surface area contributed by atoms with Crippen LogP contribution >= 0.6 is 0 Å². The van der Waals surface area contributed by atoms with Gasteiger partial charge >= 0.3 is 6.02 Å². The van der Waals surface area contributed by atoms with Crippen molar-refractivity contribution >= 4 is 29.5 Å². The molecule has 2 aromatic rings. The topological polar surface area (TPSA) is 90.5 Å². The predicted molar refractivity (Wildman–Crippen MR) is 141 cm³/mol. The van der Waals surface area contributed by atoms with Crippen LogP contribution in [0.3, 0.4) is 0 Å². The number of hydrogen-bond donors (Lipinski definition) is 0. The van der Waals surface area contributed by atoms with E-state index < -0.39 is 0 Å². The number of allylic oxidation sites excluding steroid dienone is 1. The zero-order chi connectivity index (χ0) is 25.2. The number of anilines is 1. The van der Waals surface area contributed by atoms with Crippen LogP contribution in [0, 0.1) is 0 Å². The van der Waals surface area contributed by atoms with Crippen LogP contribution in [0.4, 0.5) is 5.69 Å². The summed E-state index contributed by atoms with van der Waals surface area (Å²) in [7, 11) is 1.77. The van der Waals surface area contributed by atoms with Crippen molar-refractivity contribution in [2.75, 3.05) is 18.0 Å². The second-order valence-corrected chi connectivity index (χ2v) is 10.2. The van der Waals surface area contributed by atoms with E-state index in [0.29, 0.717) is 11.8 Å². The zero-order valence-electron chi connectivity index (χ0n) is 21.4. The van der Waals surface area contributed by atoms with Crippen molar-refractivity contribution in [2.45, 2.75) is 76.8 Å². The van der Waals surface area contributed by atoms with E-state index in [9.17, 15) is 4.79 Å². The average molecular weight is 494 g/mol. The molecule has 1 aromatic heterocycles. The highest BCUT2D eigenvalue weighted by Gasteiger charge is 2.34. The van der Waals surface area contributed by atoms with Crippen molar-refractivity contribution in [1.29, 1.82) is 0 Å². The van der Waals surface area contributed by atoms with Gasteiger partial charge in [0, 0.05) is 38.1 Å². The Bertz CT molecular complexity index is 1230. The fourth-order valence-electron chi connectivity index (χ4n) is 5.32. The van der Waals surface area contributed by atoms with Crippen molar-refractivity contribution in [3.05, 3.63) is 40.5 Å². The van der Waals surface area contributed by atoms with Gasteiger partial charge in [0.25, 0.3) is 5.56 Å². The molecule has 0 spiro atoms. The number of aryl methyl sites for hydroxylation is 1. The lowest BCUT2D eigenvalue weighted by atomic mass is 9.95. The van der Waals surface area contributed by atoms with Crippen molar-refractivity contribution in [3.63, 3.8) is 0 Å². The molecular formula is C27H35N5O4. The molecule has 5 rings (SSSR count). The highest BCUT2D eigenvalue weighted by Crippen LogP contribution is 2.36. The third-order valence-electron chi connectivity index (χ3n) is 7.18. The molecule has 3 aliphatic rings. The minimum Gasteiger partial charge on any atom is -0.488 e. The third kappa shape index (κ3) is 5.31. The first kappa shape index (κ1) is 24.5. The van der Waals surface area contributed by atoms with Crippen LogP contribution < -0.4 is 15.2 Å². The highest BCUT2D eigenvalue weighted by atomic mass is 16.5. The number of nitrogens with zero attached hydrogens (tertiary/aromatic N) is 5. The standard InChI is InChI=1S/C27H35N5O4/c1-17(2)13-30-27(28-3)36-20-7-5-19(6-8-20)35-24-12-18(32-15-21-9-10-22(16-32)34-21)11-23-26(24)31(4)25(33)14-29-23/h11-14,19-22H,3,5-10,15-16H2,1-2,4H3/b30-27+/t19-,20+,21?,22?. The van der Waals surface area contributed by atoms with E-state index in [-0.39, 0.29) is 30.0 Å². The molecule has 36 heavy (non-hydrogen) atoms. The fourth-order valence-corrected chi connectivity index (χ4v) is 5.32. The number of fused-ring (bicyclic) bond motifs is 3. The summed E-state index contributed by atoms with van der Waals surface area (Å²) in [6, 6.07) is 4.44. The van der Waals surface area contributed by atoms with E-state index in [0.717, 1.165) is 73.9 Å². The minimum absolute atomic E-state index is 0.0225. The maximum absolute atomic E-state index is 12.4. The Hall–Kier alpha value is -3.20. The van der Waals surface area contributed by atoms with Crippen LogP contribution in [0.1, 0.15) is 52.4 Å². The van der Waals surface area contributed by atoms with Gasteiger partial charge in [-0.05, 0) is 65.2 Å². The van der Waals surface area contributed by atoms with Gasteiger partial charge in [-0.15, -0.1) is 0 Å². The number of aliphatic imine (C=N–C) groups is 2. The summed E-state index contributed by atoms with van der Waals surface area (Å²) in [5.41, 5.74) is 3.48. The van der Waals surface area contributed by atoms with E-state index in [2.05, 4.69) is 38.7 Å². The van der Waals surface area contributed by atoms with E-state index in [4.69, 9.17) is 14.2 Å². The second-order valence-electron chi connectivity index (χ2n) is 10.2. The zero-order valence-corrected chi connectivity index (χ0v) is 21.4. The van der Waals surface area contributed by atoms with Crippen molar-refractivity contribution in [2.24, 2.45) is 17.0 Å². The Kier molecular flexibility index (Phi) is 7.09. The largest absolute Gasteiger partial charge is 0.488 e. The molecule has 2 unspecified atom stereocenters. The highest BCUT2D eigenvalue weighted by molar-refractivity contribution is 5.86. The predicted octanol–water partition coefficient (Wildman–Crippen LogP) is 3.99. The second kappa shape index (κ2) is 10.4. The van der Waals surface area contributed by atoms with E-state index in [1.165, 1.54) is 6.20 Å². The molecule has 3 fully saturated rings. The average Bonchev–Trinajstić information content (AvgIpc) is 3.21. The van der Waals surface area contributed by atoms with Gasteiger partial charge in [0.2, 0.25) is 0 Å². The fraction of sp³-hybridized carbons (Fsp3) is 0.556. The van der Waals surface area contributed by atoms with Gasteiger partial charge in [-0.2, -0.15) is 0 Å². The quantitative estimate of drug-likeness (QED) is 0.462.